The molecule has 122 valence electrons. The predicted molar refractivity (Wildman–Crippen MR) is 93.8 cm³/mol. The van der Waals surface area contributed by atoms with Crippen LogP contribution >= 0.6 is 11.3 Å². The fourth-order valence-corrected chi connectivity index (χ4v) is 4.17. The van der Waals surface area contributed by atoms with Crippen LogP contribution in [0.1, 0.15) is 67.9 Å². The van der Waals surface area contributed by atoms with Crippen molar-refractivity contribution in [3.8, 4) is 0 Å². The number of hydrogen-bond donors (Lipinski definition) is 1. The van der Waals surface area contributed by atoms with Crippen LogP contribution in [0.5, 0.6) is 0 Å². The van der Waals surface area contributed by atoms with E-state index in [4.69, 9.17) is 0 Å². The van der Waals surface area contributed by atoms with E-state index in [0.717, 1.165) is 17.0 Å². The second kappa shape index (κ2) is 7.68. The molecule has 23 heavy (non-hydrogen) atoms. The van der Waals surface area contributed by atoms with Crippen LogP contribution in [0, 0.1) is 0 Å². The third kappa shape index (κ3) is 3.96. The third-order valence-electron chi connectivity index (χ3n) is 4.55. The van der Waals surface area contributed by atoms with Crippen molar-refractivity contribution in [2.75, 3.05) is 5.32 Å². The first-order valence-electron chi connectivity index (χ1n) is 8.47. The highest BCUT2D eigenvalue weighted by atomic mass is 32.1. The van der Waals surface area contributed by atoms with E-state index in [2.05, 4.69) is 15.5 Å². The number of amides is 1. The van der Waals surface area contributed by atoms with Gasteiger partial charge in [0, 0.05) is 5.92 Å². The van der Waals surface area contributed by atoms with Crippen LogP contribution in [-0.2, 0) is 4.79 Å². The quantitative estimate of drug-likeness (QED) is 0.863. The number of aromatic nitrogens is 2. The lowest BCUT2D eigenvalue weighted by Gasteiger charge is -2.18. The lowest BCUT2D eigenvalue weighted by atomic mass is 9.90. The van der Waals surface area contributed by atoms with Crippen molar-refractivity contribution in [2.24, 2.45) is 0 Å². The molecule has 0 spiro atoms. The molecular formula is C18H23N3OS. The monoisotopic (exact) mass is 329 g/mol. The topological polar surface area (TPSA) is 54.9 Å². The zero-order chi connectivity index (χ0) is 16.1. The minimum atomic E-state index is -0.141. The van der Waals surface area contributed by atoms with Gasteiger partial charge >= 0.3 is 0 Å². The highest BCUT2D eigenvalue weighted by molar-refractivity contribution is 7.15. The molecule has 0 saturated heterocycles. The van der Waals surface area contributed by atoms with Crippen molar-refractivity contribution >= 4 is 22.4 Å². The smallest absolute Gasteiger partial charge is 0.233 e. The highest BCUT2D eigenvalue weighted by Gasteiger charge is 2.22. The Kier molecular flexibility index (Phi) is 5.39. The molecule has 1 unspecified atom stereocenters. The van der Waals surface area contributed by atoms with Crippen molar-refractivity contribution < 1.29 is 4.79 Å². The lowest BCUT2D eigenvalue weighted by molar-refractivity contribution is -0.117. The first kappa shape index (κ1) is 16.1. The number of nitrogens with zero attached hydrogens (tertiary/aromatic N) is 2. The molecule has 1 amide bonds. The fourth-order valence-electron chi connectivity index (χ4n) is 3.25. The Morgan fingerprint density at radius 2 is 1.96 bits per heavy atom. The predicted octanol–water partition coefficient (Wildman–Crippen LogP) is 4.72. The van der Waals surface area contributed by atoms with Gasteiger partial charge in [-0.1, -0.05) is 67.9 Å². The molecule has 0 radical (unpaired) electrons. The molecule has 0 bridgehead atoms. The first-order valence-corrected chi connectivity index (χ1v) is 9.28. The summed E-state index contributed by atoms with van der Waals surface area (Å²) in [6, 6.07) is 9.91. The number of carbonyl (C=O) groups excluding carboxylic acids is 1. The van der Waals surface area contributed by atoms with E-state index >= 15 is 0 Å². The summed E-state index contributed by atoms with van der Waals surface area (Å²) in [5, 5.41) is 13.1. The number of anilines is 1. The van der Waals surface area contributed by atoms with Gasteiger partial charge in [0.15, 0.2) is 0 Å². The minimum absolute atomic E-state index is 0.00467. The Labute approximate surface area is 141 Å². The maximum atomic E-state index is 12.6. The number of carbonyl (C=O) groups is 1. The second-order valence-electron chi connectivity index (χ2n) is 6.14. The molecule has 1 heterocycles. The summed E-state index contributed by atoms with van der Waals surface area (Å²) in [6.07, 6.45) is 7.04. The summed E-state index contributed by atoms with van der Waals surface area (Å²) in [6.45, 7) is 2.03. The molecule has 1 saturated carbocycles. The molecule has 1 atom stereocenters. The van der Waals surface area contributed by atoms with Gasteiger partial charge in [0.1, 0.15) is 5.01 Å². The van der Waals surface area contributed by atoms with E-state index in [1.165, 1.54) is 43.4 Å². The Bertz CT molecular complexity index is 635. The number of rotatable bonds is 5. The first-order chi connectivity index (χ1) is 11.3. The van der Waals surface area contributed by atoms with Crippen molar-refractivity contribution in [1.82, 2.24) is 10.2 Å². The number of hydrogen-bond acceptors (Lipinski definition) is 4. The molecule has 0 aliphatic heterocycles. The van der Waals surface area contributed by atoms with Crippen LogP contribution in [0.15, 0.2) is 30.3 Å². The normalized spacial score (nSPS) is 16.9. The summed E-state index contributed by atoms with van der Waals surface area (Å²) in [7, 11) is 0. The molecule has 1 aliphatic rings. The molecule has 1 fully saturated rings. The molecule has 5 heteroatoms. The maximum Gasteiger partial charge on any atom is 0.233 e. The molecule has 4 nitrogen and oxygen atoms in total. The fraction of sp³-hybridized carbons (Fsp3) is 0.500. The Morgan fingerprint density at radius 3 is 2.65 bits per heavy atom. The van der Waals surface area contributed by atoms with Gasteiger partial charge in [-0.05, 0) is 24.8 Å². The molecular weight excluding hydrogens is 306 g/mol. The average molecular weight is 329 g/mol. The largest absolute Gasteiger partial charge is 0.300 e. The molecule has 3 rings (SSSR count). The number of nitrogens with one attached hydrogen (secondary N) is 1. The lowest BCUT2D eigenvalue weighted by Crippen LogP contribution is -2.20. The maximum absolute atomic E-state index is 12.6. The minimum Gasteiger partial charge on any atom is -0.300 e. The third-order valence-corrected chi connectivity index (χ3v) is 5.55. The van der Waals surface area contributed by atoms with E-state index in [0.29, 0.717) is 11.0 Å². The molecule has 1 N–H and O–H groups in total. The standard InChI is InChI=1S/C18H23N3OS/c1-2-15(13-9-5-3-6-10-13)16(22)19-18-21-20-17(23-18)14-11-7-4-8-12-14/h3,5-6,9-10,14-15H,2,4,7-8,11-12H2,1H3,(H,19,21,22). The van der Waals surface area contributed by atoms with Gasteiger partial charge in [-0.3, -0.25) is 10.1 Å². The van der Waals surface area contributed by atoms with E-state index in [-0.39, 0.29) is 11.8 Å². The van der Waals surface area contributed by atoms with Gasteiger partial charge < -0.3 is 0 Å². The molecule has 1 aliphatic carbocycles. The van der Waals surface area contributed by atoms with Gasteiger partial charge in [0.2, 0.25) is 11.0 Å². The SMILES string of the molecule is CCC(C(=O)Nc1nnc(C2CCCCC2)s1)c1ccccc1. The van der Waals surface area contributed by atoms with Gasteiger partial charge in [-0.15, -0.1) is 10.2 Å². The van der Waals surface area contributed by atoms with Gasteiger partial charge in [-0.2, -0.15) is 0 Å². The Hall–Kier alpha value is -1.75. The Balaban J connectivity index is 1.66. The van der Waals surface area contributed by atoms with Crippen LogP contribution in [0.25, 0.3) is 0 Å². The van der Waals surface area contributed by atoms with Crippen LogP contribution in [0.3, 0.4) is 0 Å². The summed E-state index contributed by atoms with van der Waals surface area (Å²) in [5.74, 6) is 0.395. The van der Waals surface area contributed by atoms with Crippen LogP contribution in [0.2, 0.25) is 0 Å². The second-order valence-corrected chi connectivity index (χ2v) is 7.15. The Morgan fingerprint density at radius 1 is 1.22 bits per heavy atom. The van der Waals surface area contributed by atoms with Crippen molar-refractivity contribution in [1.29, 1.82) is 0 Å². The van der Waals surface area contributed by atoms with Crippen LogP contribution in [-0.4, -0.2) is 16.1 Å². The van der Waals surface area contributed by atoms with E-state index < -0.39 is 0 Å². The zero-order valence-electron chi connectivity index (χ0n) is 13.5. The zero-order valence-corrected chi connectivity index (χ0v) is 14.3. The summed E-state index contributed by atoms with van der Waals surface area (Å²) < 4.78 is 0. The van der Waals surface area contributed by atoms with Crippen molar-refractivity contribution in [2.45, 2.75) is 57.3 Å². The van der Waals surface area contributed by atoms with Crippen LogP contribution < -0.4 is 5.32 Å². The summed E-state index contributed by atoms with van der Waals surface area (Å²) in [5.41, 5.74) is 1.05. The summed E-state index contributed by atoms with van der Waals surface area (Å²) in [4.78, 5) is 12.6. The van der Waals surface area contributed by atoms with E-state index in [9.17, 15) is 4.79 Å². The average Bonchev–Trinajstić information content (AvgIpc) is 3.06. The van der Waals surface area contributed by atoms with Gasteiger partial charge in [-0.25, -0.2) is 0 Å². The number of benzene rings is 1. The van der Waals surface area contributed by atoms with E-state index in [1.54, 1.807) is 0 Å². The van der Waals surface area contributed by atoms with E-state index in [1.807, 2.05) is 37.3 Å². The van der Waals surface area contributed by atoms with Crippen molar-refractivity contribution in [3.05, 3.63) is 40.9 Å². The molecule has 1 aromatic carbocycles. The highest BCUT2D eigenvalue weighted by Crippen LogP contribution is 2.35. The van der Waals surface area contributed by atoms with Crippen molar-refractivity contribution in [3.63, 3.8) is 0 Å². The molecule has 1 aromatic heterocycles. The molecule has 2 aromatic rings. The van der Waals surface area contributed by atoms with Crippen LogP contribution in [0.4, 0.5) is 5.13 Å². The van der Waals surface area contributed by atoms with Gasteiger partial charge in [0.25, 0.3) is 0 Å². The summed E-state index contributed by atoms with van der Waals surface area (Å²) >= 11 is 1.54. The van der Waals surface area contributed by atoms with Gasteiger partial charge in [0.05, 0.1) is 5.92 Å².